The number of rotatable bonds is 25. The molecule has 2 aliphatic heterocycles. The molecular weight excluding hydrogens is 812 g/mol. The van der Waals surface area contributed by atoms with Gasteiger partial charge in [0.05, 0.1) is 25.4 Å². The predicted octanol–water partition coefficient (Wildman–Crippen LogP) is 2.25. The predicted molar refractivity (Wildman–Crippen MR) is 224 cm³/mol. The molecule has 17 nitrogen and oxygen atoms in total. The molecule has 0 aliphatic carbocycles. The van der Waals surface area contributed by atoms with Gasteiger partial charge in [0, 0.05) is 23.8 Å². The number of aliphatic hydroxyl groups excluding tert-OH is 8. The molecule has 3 rings (SSSR count). The first-order valence-corrected chi connectivity index (χ1v) is 20.9. The summed E-state index contributed by atoms with van der Waals surface area (Å²) < 4.78 is 28.2. The van der Waals surface area contributed by atoms with E-state index in [1.807, 2.05) is 19.1 Å². The van der Waals surface area contributed by atoms with Crippen LogP contribution in [0.2, 0.25) is 0 Å². The van der Waals surface area contributed by atoms with Crippen LogP contribution in [0.5, 0.6) is 11.5 Å². The molecule has 12 atom stereocenters. The van der Waals surface area contributed by atoms with Crippen molar-refractivity contribution < 1.29 is 84.3 Å². The monoisotopic (exact) mass is 876 g/mol. The number of phenols is 2. The van der Waals surface area contributed by atoms with Gasteiger partial charge in [-0.3, -0.25) is 0 Å². The van der Waals surface area contributed by atoms with Crippen LogP contribution in [0.4, 0.5) is 0 Å². The van der Waals surface area contributed by atoms with E-state index in [1.54, 1.807) is 30.4 Å². The first kappa shape index (κ1) is 52.1. The van der Waals surface area contributed by atoms with E-state index in [0.717, 1.165) is 50.0 Å². The lowest BCUT2D eigenvalue weighted by atomic mass is 9.88. The number of benzene rings is 1. The van der Waals surface area contributed by atoms with Crippen molar-refractivity contribution in [1.82, 2.24) is 0 Å². The van der Waals surface area contributed by atoms with E-state index < -0.39 is 117 Å². The molecule has 2 saturated heterocycles. The number of hydrogen-bond donors (Lipinski definition) is 10. The largest absolute Gasteiger partial charge is 0.508 e. The van der Waals surface area contributed by atoms with Crippen molar-refractivity contribution in [3.05, 3.63) is 96.2 Å². The highest BCUT2D eigenvalue weighted by molar-refractivity contribution is 5.82. The molecule has 0 saturated carbocycles. The van der Waals surface area contributed by atoms with Crippen molar-refractivity contribution in [2.75, 3.05) is 13.2 Å². The van der Waals surface area contributed by atoms with Gasteiger partial charge in [-0.25, -0.2) is 9.59 Å². The van der Waals surface area contributed by atoms with Crippen LogP contribution in [-0.2, 0) is 39.9 Å². The van der Waals surface area contributed by atoms with E-state index >= 15 is 0 Å². The van der Waals surface area contributed by atoms with Crippen LogP contribution in [0.3, 0.4) is 0 Å². The summed E-state index contributed by atoms with van der Waals surface area (Å²) in [5, 5.41) is 105. The standard InChI is InChI=1S/C45H64O17/c1-3-5-6-7-8-9-14-19-30(49)20-15-12-17-22-36(54)60-44-40(57)43(37-28(25-46)23-31(50)24-32(37)51)59-34(26-47)42(44)62-45-39(56)38(55)41(61-45)33(52)27-58-35(53)21-16-11-10-13-18-29(48)4-2/h8-12,14-17,19,21-24,29-30,33-34,38-52,55-57H,3-7,13,18,20,25-27H2,1-2H3/b9-8+,11-10-,15-12+,19-14+,21-16+,22-17+/t29?,30?,33?,34-,38-,39-,40+,41+,42-,43+,44-,45+/m1/s1. The summed E-state index contributed by atoms with van der Waals surface area (Å²) in [6, 6.07) is 2.04. The van der Waals surface area contributed by atoms with Gasteiger partial charge in [0.1, 0.15) is 66.9 Å². The fourth-order valence-electron chi connectivity index (χ4n) is 6.68. The summed E-state index contributed by atoms with van der Waals surface area (Å²) in [5.74, 6) is -2.88. The number of ether oxygens (including phenoxy) is 5. The fourth-order valence-corrected chi connectivity index (χ4v) is 6.68. The summed E-state index contributed by atoms with van der Waals surface area (Å²) >= 11 is 0. The molecule has 3 unspecified atom stereocenters. The van der Waals surface area contributed by atoms with Crippen molar-refractivity contribution in [3.8, 4) is 11.5 Å². The van der Waals surface area contributed by atoms with Crippen LogP contribution in [-0.4, -0.2) is 144 Å². The SMILES string of the molecule is CCCCC/C=C/C=C/C(O)C/C=C/C=C/C(=O)O[C@@H]1[C@@H](O)[C@H](c2c(O)cc(O)cc2CO)O[C@H](CO)[C@H]1O[C@@H]1O[C@@H](C(O)COC(=O)/C=C/C=C\CCC(O)CC)[C@H](O)[C@H]1O. The van der Waals surface area contributed by atoms with Crippen molar-refractivity contribution in [2.24, 2.45) is 0 Å². The van der Waals surface area contributed by atoms with E-state index in [0.29, 0.717) is 19.3 Å². The zero-order chi connectivity index (χ0) is 45.6. The maximum atomic E-state index is 13.2. The maximum absolute atomic E-state index is 13.2. The first-order valence-electron chi connectivity index (χ1n) is 20.9. The van der Waals surface area contributed by atoms with Gasteiger partial charge < -0.3 is 74.7 Å². The average molecular weight is 877 g/mol. The molecule has 2 fully saturated rings. The van der Waals surface area contributed by atoms with E-state index in [4.69, 9.17) is 23.7 Å². The smallest absolute Gasteiger partial charge is 0.331 e. The van der Waals surface area contributed by atoms with Crippen molar-refractivity contribution in [1.29, 1.82) is 0 Å². The molecule has 2 heterocycles. The number of unbranched alkanes of at least 4 members (excludes halogenated alkanes) is 3. The van der Waals surface area contributed by atoms with E-state index in [1.165, 1.54) is 18.2 Å². The second-order valence-electron chi connectivity index (χ2n) is 14.9. The van der Waals surface area contributed by atoms with Gasteiger partial charge in [0.25, 0.3) is 0 Å². The van der Waals surface area contributed by atoms with Crippen molar-refractivity contribution in [2.45, 2.75) is 145 Å². The Morgan fingerprint density at radius 3 is 2.19 bits per heavy atom. The number of hydrogen-bond acceptors (Lipinski definition) is 17. The first-order chi connectivity index (χ1) is 29.8. The minimum Gasteiger partial charge on any atom is -0.508 e. The van der Waals surface area contributed by atoms with Gasteiger partial charge in [-0.2, -0.15) is 0 Å². The van der Waals surface area contributed by atoms with E-state index in [-0.39, 0.29) is 17.5 Å². The Kier molecular flexibility index (Phi) is 23.3. The summed E-state index contributed by atoms with van der Waals surface area (Å²) in [4.78, 5) is 25.4. The zero-order valence-electron chi connectivity index (χ0n) is 35.1. The number of aromatic hydroxyl groups is 2. The molecule has 1 aromatic rings. The number of esters is 2. The van der Waals surface area contributed by atoms with Crippen molar-refractivity contribution >= 4 is 11.9 Å². The van der Waals surface area contributed by atoms with E-state index in [9.17, 15) is 60.7 Å². The highest BCUT2D eigenvalue weighted by Crippen LogP contribution is 2.42. The van der Waals surface area contributed by atoms with Crippen LogP contribution < -0.4 is 0 Å². The second-order valence-corrected chi connectivity index (χ2v) is 14.9. The van der Waals surface area contributed by atoms with Crippen LogP contribution >= 0.6 is 0 Å². The number of phenolic OH excluding ortho intramolecular Hbond substituents is 2. The Morgan fingerprint density at radius 2 is 1.50 bits per heavy atom. The molecular formula is C45H64O17. The molecule has 2 aliphatic rings. The quantitative estimate of drug-likeness (QED) is 0.0292. The van der Waals surface area contributed by atoms with Gasteiger partial charge in [0.2, 0.25) is 0 Å². The lowest BCUT2D eigenvalue weighted by molar-refractivity contribution is -0.294. The molecule has 0 spiro atoms. The van der Waals surface area contributed by atoms with Gasteiger partial charge in [0.15, 0.2) is 12.4 Å². The minimum atomic E-state index is -1.91. The topological polar surface area (TPSA) is 283 Å². The van der Waals surface area contributed by atoms with Gasteiger partial charge in [-0.15, -0.1) is 0 Å². The summed E-state index contributed by atoms with van der Waals surface area (Å²) in [7, 11) is 0. The Morgan fingerprint density at radius 1 is 0.806 bits per heavy atom. The number of carbonyl (C=O) groups excluding carboxylic acids is 2. The molecule has 0 aromatic heterocycles. The summed E-state index contributed by atoms with van der Waals surface area (Å²) in [5.41, 5.74) is -0.264. The Bertz CT molecular complexity index is 1690. The Labute approximate surface area is 361 Å². The summed E-state index contributed by atoms with van der Waals surface area (Å²) in [6.45, 7) is 1.73. The zero-order valence-corrected chi connectivity index (χ0v) is 35.1. The number of aliphatic hydroxyl groups is 8. The lowest BCUT2D eigenvalue weighted by Gasteiger charge is -2.44. The van der Waals surface area contributed by atoms with Gasteiger partial charge >= 0.3 is 11.9 Å². The third kappa shape index (κ3) is 16.5. The van der Waals surface area contributed by atoms with Crippen LogP contribution in [0.15, 0.2) is 85.0 Å². The van der Waals surface area contributed by atoms with E-state index in [2.05, 4.69) is 6.92 Å². The molecule has 62 heavy (non-hydrogen) atoms. The highest BCUT2D eigenvalue weighted by atomic mass is 16.7. The highest BCUT2D eigenvalue weighted by Gasteiger charge is 2.54. The van der Waals surface area contributed by atoms with Crippen LogP contribution in [0.25, 0.3) is 0 Å². The molecule has 10 N–H and O–H groups in total. The number of allylic oxidation sites excluding steroid dienone is 8. The Balaban J connectivity index is 1.74. The van der Waals surface area contributed by atoms with Crippen LogP contribution in [0, 0.1) is 0 Å². The van der Waals surface area contributed by atoms with Gasteiger partial charge in [-0.1, -0.05) is 87.4 Å². The number of carbonyl (C=O) groups is 2. The summed E-state index contributed by atoms with van der Waals surface area (Å²) in [6.07, 6.45) is 6.51. The van der Waals surface area contributed by atoms with Crippen LogP contribution in [0.1, 0.15) is 82.4 Å². The fraction of sp³-hybridized carbons (Fsp3) is 0.556. The minimum absolute atomic E-state index is 0.0666. The third-order valence-electron chi connectivity index (χ3n) is 10.1. The third-order valence-corrected chi connectivity index (χ3v) is 10.1. The maximum Gasteiger partial charge on any atom is 0.331 e. The normalized spacial score (nSPS) is 27.4. The second kappa shape index (κ2) is 27.7. The van der Waals surface area contributed by atoms with Gasteiger partial charge in [-0.05, 0) is 50.2 Å². The van der Waals surface area contributed by atoms with Crippen molar-refractivity contribution in [3.63, 3.8) is 0 Å². The lowest BCUT2D eigenvalue weighted by Crippen LogP contribution is -2.59. The molecule has 0 radical (unpaired) electrons. The molecule has 346 valence electrons. The molecule has 1 aromatic carbocycles. The molecule has 0 amide bonds. The molecule has 0 bridgehead atoms. The Hall–Kier alpha value is -4.24. The molecule has 17 heteroatoms. The average Bonchev–Trinajstić information content (AvgIpc) is 3.53.